The number of carbonyl (C=O) groups excluding carboxylic acids is 1. The molecule has 0 aliphatic carbocycles. The molecular formula is C9H10N4O. The summed E-state index contributed by atoms with van der Waals surface area (Å²) in [6, 6.07) is 3.73. The molecule has 0 saturated heterocycles. The molecule has 2 aromatic heterocycles. The minimum absolute atomic E-state index is 0.134. The summed E-state index contributed by atoms with van der Waals surface area (Å²) in [4.78, 5) is 14.9. The van der Waals surface area contributed by atoms with E-state index >= 15 is 0 Å². The lowest BCUT2D eigenvalue weighted by Gasteiger charge is -1.92. The van der Waals surface area contributed by atoms with Gasteiger partial charge in [0.15, 0.2) is 11.5 Å². The molecule has 5 nitrogen and oxygen atoms in total. The average Bonchev–Trinajstić information content (AvgIpc) is 2.44. The van der Waals surface area contributed by atoms with Crippen LogP contribution in [0.1, 0.15) is 12.6 Å². The van der Waals surface area contributed by atoms with Crippen molar-refractivity contribution < 1.29 is 4.79 Å². The van der Waals surface area contributed by atoms with Crippen LogP contribution < -0.4 is 5.32 Å². The van der Waals surface area contributed by atoms with Crippen LogP contribution in [0.2, 0.25) is 0 Å². The van der Waals surface area contributed by atoms with E-state index in [4.69, 9.17) is 0 Å². The van der Waals surface area contributed by atoms with Gasteiger partial charge in [0, 0.05) is 6.92 Å². The molecule has 2 rings (SSSR count). The summed E-state index contributed by atoms with van der Waals surface area (Å²) in [5.74, 6) is 0.390. The van der Waals surface area contributed by atoms with E-state index in [-0.39, 0.29) is 5.91 Å². The Kier molecular flexibility index (Phi) is 1.92. The van der Waals surface area contributed by atoms with Crippen LogP contribution in [-0.4, -0.2) is 20.5 Å². The highest BCUT2D eigenvalue weighted by atomic mass is 16.1. The number of nitrogens with zero attached hydrogens (tertiary/aromatic N) is 3. The number of carbonyl (C=O) groups is 1. The van der Waals surface area contributed by atoms with Crippen molar-refractivity contribution in [2.45, 2.75) is 13.8 Å². The van der Waals surface area contributed by atoms with E-state index in [1.807, 2.05) is 19.1 Å². The number of anilines is 1. The number of hydrogen-bond donors (Lipinski definition) is 1. The molecule has 1 N–H and O–H groups in total. The van der Waals surface area contributed by atoms with E-state index in [9.17, 15) is 4.79 Å². The van der Waals surface area contributed by atoms with Crippen molar-refractivity contribution in [1.29, 1.82) is 0 Å². The van der Waals surface area contributed by atoms with E-state index in [1.165, 1.54) is 6.92 Å². The van der Waals surface area contributed by atoms with Crippen LogP contribution in [0.5, 0.6) is 0 Å². The normalized spacial score (nSPS) is 10.4. The van der Waals surface area contributed by atoms with Gasteiger partial charge in [0.2, 0.25) is 5.91 Å². The summed E-state index contributed by atoms with van der Waals surface area (Å²) in [7, 11) is 0. The lowest BCUT2D eigenvalue weighted by atomic mass is 10.4. The Morgan fingerprint density at radius 1 is 1.50 bits per heavy atom. The number of nitrogens with one attached hydrogen (secondary N) is 1. The minimum Gasteiger partial charge on any atom is -0.310 e. The fraction of sp³-hybridized carbons (Fsp3) is 0.222. The monoisotopic (exact) mass is 190 g/mol. The molecule has 2 aromatic rings. The van der Waals surface area contributed by atoms with Gasteiger partial charge in [-0.1, -0.05) is 0 Å². The summed E-state index contributed by atoms with van der Waals surface area (Å²) in [5.41, 5.74) is 1.63. The highest BCUT2D eigenvalue weighted by Crippen LogP contribution is 2.08. The SMILES string of the molecule is CC(=O)Nc1cn2nc(C)ccc2n1. The van der Waals surface area contributed by atoms with Crippen LogP contribution in [0, 0.1) is 6.92 Å². The predicted molar refractivity (Wildman–Crippen MR) is 52.0 cm³/mol. The Morgan fingerprint density at radius 2 is 2.29 bits per heavy atom. The average molecular weight is 190 g/mol. The van der Waals surface area contributed by atoms with Gasteiger partial charge >= 0.3 is 0 Å². The molecule has 0 unspecified atom stereocenters. The van der Waals surface area contributed by atoms with Gasteiger partial charge in [-0.3, -0.25) is 4.79 Å². The zero-order chi connectivity index (χ0) is 10.1. The number of fused-ring (bicyclic) bond motifs is 1. The molecule has 0 radical (unpaired) electrons. The molecule has 14 heavy (non-hydrogen) atoms. The minimum atomic E-state index is -0.134. The maximum absolute atomic E-state index is 10.8. The lowest BCUT2D eigenvalue weighted by molar-refractivity contribution is -0.114. The van der Waals surface area contributed by atoms with E-state index < -0.39 is 0 Å². The third-order valence-corrected chi connectivity index (χ3v) is 1.76. The molecule has 0 spiro atoms. The van der Waals surface area contributed by atoms with Crippen molar-refractivity contribution in [3.8, 4) is 0 Å². The van der Waals surface area contributed by atoms with Crippen LogP contribution in [0.3, 0.4) is 0 Å². The number of hydrogen-bond acceptors (Lipinski definition) is 3. The van der Waals surface area contributed by atoms with Crippen molar-refractivity contribution in [2.24, 2.45) is 0 Å². The van der Waals surface area contributed by atoms with Gasteiger partial charge in [-0.15, -0.1) is 0 Å². The molecular weight excluding hydrogens is 180 g/mol. The van der Waals surface area contributed by atoms with Gasteiger partial charge in [-0.25, -0.2) is 9.50 Å². The maximum atomic E-state index is 10.8. The van der Waals surface area contributed by atoms with Crippen molar-refractivity contribution in [1.82, 2.24) is 14.6 Å². The Morgan fingerprint density at radius 3 is 3.00 bits per heavy atom. The summed E-state index contributed by atoms with van der Waals surface area (Å²) < 4.78 is 1.64. The fourth-order valence-electron chi connectivity index (χ4n) is 1.22. The van der Waals surface area contributed by atoms with Crippen LogP contribution >= 0.6 is 0 Å². The first-order valence-electron chi connectivity index (χ1n) is 4.26. The van der Waals surface area contributed by atoms with Crippen molar-refractivity contribution in [3.05, 3.63) is 24.0 Å². The van der Waals surface area contributed by atoms with Gasteiger partial charge in [0.25, 0.3) is 0 Å². The standard InChI is InChI=1S/C9H10N4O/c1-6-3-4-9-11-8(10-7(2)14)5-13(9)12-6/h3-5H,1-2H3,(H,10,14). The topological polar surface area (TPSA) is 59.3 Å². The second-order valence-electron chi connectivity index (χ2n) is 3.08. The zero-order valence-electron chi connectivity index (χ0n) is 7.98. The van der Waals surface area contributed by atoms with Crippen LogP contribution in [0.4, 0.5) is 5.82 Å². The first kappa shape index (κ1) is 8.68. The second kappa shape index (κ2) is 3.10. The Hall–Kier alpha value is -1.91. The zero-order valence-corrected chi connectivity index (χ0v) is 7.98. The molecule has 2 heterocycles. The van der Waals surface area contributed by atoms with Gasteiger partial charge < -0.3 is 5.32 Å². The molecule has 5 heteroatoms. The highest BCUT2D eigenvalue weighted by Gasteiger charge is 2.02. The number of rotatable bonds is 1. The van der Waals surface area contributed by atoms with Crippen molar-refractivity contribution in [2.75, 3.05) is 5.32 Å². The van der Waals surface area contributed by atoms with E-state index in [1.54, 1.807) is 10.7 Å². The Balaban J connectivity index is 2.46. The third-order valence-electron chi connectivity index (χ3n) is 1.76. The molecule has 1 amide bonds. The second-order valence-corrected chi connectivity index (χ2v) is 3.08. The largest absolute Gasteiger partial charge is 0.310 e. The quantitative estimate of drug-likeness (QED) is 0.729. The van der Waals surface area contributed by atoms with Crippen LogP contribution in [0.15, 0.2) is 18.3 Å². The van der Waals surface area contributed by atoms with Gasteiger partial charge in [0.1, 0.15) is 0 Å². The molecule has 0 aliphatic rings. The molecule has 72 valence electrons. The molecule has 0 aliphatic heterocycles. The van der Waals surface area contributed by atoms with E-state index in [0.717, 1.165) is 11.3 Å². The molecule has 0 aromatic carbocycles. The predicted octanol–water partition coefficient (Wildman–Crippen LogP) is 0.996. The van der Waals surface area contributed by atoms with Gasteiger partial charge in [0.05, 0.1) is 11.9 Å². The van der Waals surface area contributed by atoms with Crippen molar-refractivity contribution >= 4 is 17.4 Å². The van der Waals surface area contributed by atoms with Crippen LogP contribution in [0.25, 0.3) is 5.65 Å². The Labute approximate surface area is 80.8 Å². The van der Waals surface area contributed by atoms with Crippen molar-refractivity contribution in [3.63, 3.8) is 0 Å². The lowest BCUT2D eigenvalue weighted by Crippen LogP contribution is -2.05. The summed E-state index contributed by atoms with van der Waals surface area (Å²) in [6.45, 7) is 3.35. The molecule has 0 saturated carbocycles. The summed E-state index contributed by atoms with van der Waals surface area (Å²) in [6.07, 6.45) is 1.68. The van der Waals surface area contributed by atoms with Gasteiger partial charge in [-0.05, 0) is 19.1 Å². The number of aromatic nitrogens is 3. The number of amides is 1. The third kappa shape index (κ3) is 1.56. The molecule has 0 bridgehead atoms. The number of imidazole rings is 1. The summed E-state index contributed by atoms with van der Waals surface area (Å²) in [5, 5.41) is 6.81. The molecule has 0 fully saturated rings. The van der Waals surface area contributed by atoms with E-state index in [0.29, 0.717) is 5.82 Å². The first-order valence-corrected chi connectivity index (χ1v) is 4.26. The van der Waals surface area contributed by atoms with E-state index in [2.05, 4.69) is 15.4 Å². The highest BCUT2D eigenvalue weighted by molar-refractivity contribution is 5.87. The maximum Gasteiger partial charge on any atom is 0.222 e. The fourth-order valence-corrected chi connectivity index (χ4v) is 1.22. The number of aryl methyl sites for hydroxylation is 1. The molecule has 0 atom stereocenters. The van der Waals surface area contributed by atoms with Crippen LogP contribution in [-0.2, 0) is 4.79 Å². The first-order chi connectivity index (χ1) is 6.65. The summed E-state index contributed by atoms with van der Waals surface area (Å²) >= 11 is 0. The van der Waals surface area contributed by atoms with Gasteiger partial charge in [-0.2, -0.15) is 5.10 Å². The Bertz CT molecular complexity index is 489. The smallest absolute Gasteiger partial charge is 0.222 e.